The summed E-state index contributed by atoms with van der Waals surface area (Å²) >= 11 is 0. The Kier molecular flexibility index (Phi) is 6.54. The number of para-hydroxylation sites is 1. The van der Waals surface area contributed by atoms with Crippen molar-refractivity contribution in [3.8, 4) is 5.75 Å². The molecular formula is C29H28N2O3. The van der Waals surface area contributed by atoms with Gasteiger partial charge in [-0.15, -0.1) is 0 Å². The van der Waals surface area contributed by atoms with Crippen LogP contribution < -0.4 is 4.74 Å². The van der Waals surface area contributed by atoms with Crippen LogP contribution in [0.1, 0.15) is 35.6 Å². The number of nitrogens with zero attached hydrogens (tertiary/aromatic N) is 2. The van der Waals surface area contributed by atoms with E-state index < -0.39 is 5.97 Å². The molecule has 0 amide bonds. The summed E-state index contributed by atoms with van der Waals surface area (Å²) in [7, 11) is 0. The number of carboxylic acids is 1. The number of carboxylic acid groups (broad SMARTS) is 1. The fraction of sp³-hybridized carbons (Fsp3) is 0.241. The van der Waals surface area contributed by atoms with Crippen LogP contribution in [0.25, 0.3) is 10.9 Å². The van der Waals surface area contributed by atoms with E-state index in [1.54, 1.807) is 0 Å². The number of rotatable bonds is 7. The van der Waals surface area contributed by atoms with Gasteiger partial charge in [-0.25, -0.2) is 0 Å². The highest BCUT2D eigenvalue weighted by Crippen LogP contribution is 2.34. The number of piperidine rings is 1. The third-order valence-electron chi connectivity index (χ3n) is 6.62. The predicted molar refractivity (Wildman–Crippen MR) is 133 cm³/mol. The van der Waals surface area contributed by atoms with Crippen LogP contribution >= 0.6 is 0 Å². The molecule has 1 atom stereocenters. The number of pyridine rings is 1. The molecule has 0 bridgehead atoms. The highest BCUT2D eigenvalue weighted by atomic mass is 16.5. The van der Waals surface area contributed by atoms with E-state index in [9.17, 15) is 9.90 Å². The molecule has 2 heterocycles. The molecule has 4 aromatic rings. The Balaban J connectivity index is 1.41. The zero-order valence-electron chi connectivity index (χ0n) is 19.0. The molecule has 0 radical (unpaired) electrons. The Morgan fingerprint density at radius 2 is 1.65 bits per heavy atom. The molecule has 1 saturated heterocycles. The smallest absolute Gasteiger partial charge is 0.306 e. The third-order valence-corrected chi connectivity index (χ3v) is 6.62. The van der Waals surface area contributed by atoms with Gasteiger partial charge in [0.15, 0.2) is 0 Å². The quantitative estimate of drug-likeness (QED) is 0.390. The number of hydrogen-bond acceptors (Lipinski definition) is 4. The fourth-order valence-corrected chi connectivity index (χ4v) is 4.74. The Bertz CT molecular complexity index is 1250. The Hall–Kier alpha value is -3.70. The van der Waals surface area contributed by atoms with Gasteiger partial charge in [0, 0.05) is 11.6 Å². The Morgan fingerprint density at radius 3 is 2.38 bits per heavy atom. The summed E-state index contributed by atoms with van der Waals surface area (Å²) in [6.45, 7) is 2.00. The van der Waals surface area contributed by atoms with Crippen LogP contribution in [0.3, 0.4) is 0 Å². The monoisotopic (exact) mass is 452 g/mol. The summed E-state index contributed by atoms with van der Waals surface area (Å²) in [5, 5.41) is 10.5. The first-order valence-electron chi connectivity index (χ1n) is 11.8. The molecule has 0 saturated carbocycles. The molecule has 0 aliphatic carbocycles. The zero-order chi connectivity index (χ0) is 23.3. The molecule has 5 nitrogen and oxygen atoms in total. The maximum Gasteiger partial charge on any atom is 0.306 e. The average Bonchev–Trinajstić information content (AvgIpc) is 2.89. The van der Waals surface area contributed by atoms with E-state index >= 15 is 0 Å². The molecule has 34 heavy (non-hydrogen) atoms. The summed E-state index contributed by atoms with van der Waals surface area (Å²) in [5.74, 6) is -0.128. The van der Waals surface area contributed by atoms with Gasteiger partial charge in [0.1, 0.15) is 12.4 Å². The van der Waals surface area contributed by atoms with Gasteiger partial charge >= 0.3 is 5.97 Å². The Morgan fingerprint density at radius 1 is 0.941 bits per heavy atom. The van der Waals surface area contributed by atoms with Crippen molar-refractivity contribution in [2.24, 2.45) is 5.92 Å². The van der Waals surface area contributed by atoms with Crippen molar-refractivity contribution >= 4 is 16.9 Å². The molecule has 1 fully saturated rings. The molecule has 1 unspecified atom stereocenters. The first-order chi connectivity index (χ1) is 16.7. The molecule has 3 aromatic carbocycles. The molecule has 0 spiro atoms. The molecule has 1 aromatic heterocycles. The van der Waals surface area contributed by atoms with Crippen molar-refractivity contribution in [1.29, 1.82) is 0 Å². The first-order valence-corrected chi connectivity index (χ1v) is 11.8. The van der Waals surface area contributed by atoms with E-state index in [1.165, 1.54) is 0 Å². The molecule has 5 heteroatoms. The van der Waals surface area contributed by atoms with Crippen LogP contribution in [0.5, 0.6) is 5.75 Å². The maximum atomic E-state index is 11.5. The van der Waals surface area contributed by atoms with E-state index in [4.69, 9.17) is 9.72 Å². The molecule has 1 N–H and O–H groups in total. The fourth-order valence-electron chi connectivity index (χ4n) is 4.74. The van der Waals surface area contributed by atoms with Gasteiger partial charge in [-0.1, -0.05) is 60.7 Å². The number of aromatic nitrogens is 1. The highest BCUT2D eigenvalue weighted by molar-refractivity contribution is 5.79. The molecule has 172 valence electrons. The van der Waals surface area contributed by atoms with Crippen LogP contribution in [-0.4, -0.2) is 34.0 Å². The van der Waals surface area contributed by atoms with E-state index in [2.05, 4.69) is 41.3 Å². The van der Waals surface area contributed by atoms with Crippen LogP contribution in [0.2, 0.25) is 0 Å². The third kappa shape index (κ3) is 4.95. The number of hydrogen-bond donors (Lipinski definition) is 1. The van der Waals surface area contributed by atoms with Crippen molar-refractivity contribution < 1.29 is 14.6 Å². The zero-order valence-corrected chi connectivity index (χ0v) is 19.0. The maximum absolute atomic E-state index is 11.5. The largest absolute Gasteiger partial charge is 0.489 e. The SMILES string of the molecule is O=C(O)C1CCN(C(c2ccc(OCc3ccccc3)cc2)c2cnc3ccccc3c2)CC1. The van der Waals surface area contributed by atoms with E-state index in [0.29, 0.717) is 19.4 Å². The van der Waals surface area contributed by atoms with E-state index in [0.717, 1.165) is 46.4 Å². The Labute approximate surface area is 199 Å². The van der Waals surface area contributed by atoms with Gasteiger partial charge in [-0.2, -0.15) is 0 Å². The van der Waals surface area contributed by atoms with Crippen LogP contribution in [0.4, 0.5) is 0 Å². The molecule has 1 aliphatic rings. The summed E-state index contributed by atoms with van der Waals surface area (Å²) < 4.78 is 5.98. The number of ether oxygens (including phenoxy) is 1. The number of carbonyl (C=O) groups is 1. The minimum Gasteiger partial charge on any atom is -0.489 e. The second-order valence-corrected chi connectivity index (χ2v) is 8.86. The molecular weight excluding hydrogens is 424 g/mol. The van der Waals surface area contributed by atoms with Crippen LogP contribution in [-0.2, 0) is 11.4 Å². The predicted octanol–water partition coefficient (Wildman–Crippen LogP) is 5.70. The lowest BCUT2D eigenvalue weighted by Gasteiger charge is -2.37. The number of benzene rings is 3. The van der Waals surface area contributed by atoms with Crippen molar-refractivity contribution in [1.82, 2.24) is 9.88 Å². The topological polar surface area (TPSA) is 62.7 Å². The lowest BCUT2D eigenvalue weighted by atomic mass is 9.91. The normalized spacial score (nSPS) is 15.8. The summed E-state index contributed by atoms with van der Waals surface area (Å²) in [4.78, 5) is 18.6. The molecule has 1 aliphatic heterocycles. The second-order valence-electron chi connectivity index (χ2n) is 8.86. The second kappa shape index (κ2) is 10.1. The van der Waals surface area contributed by atoms with Crippen LogP contribution in [0.15, 0.2) is 91.1 Å². The van der Waals surface area contributed by atoms with Gasteiger partial charge in [0.25, 0.3) is 0 Å². The van der Waals surface area contributed by atoms with Crippen molar-refractivity contribution in [2.45, 2.75) is 25.5 Å². The summed E-state index contributed by atoms with van der Waals surface area (Å²) in [5.41, 5.74) is 4.37. The van der Waals surface area contributed by atoms with Gasteiger partial charge in [0.2, 0.25) is 0 Å². The van der Waals surface area contributed by atoms with Crippen LogP contribution in [0, 0.1) is 5.92 Å². The van der Waals surface area contributed by atoms with E-state index in [1.807, 2.05) is 54.7 Å². The summed E-state index contributed by atoms with van der Waals surface area (Å²) in [6.07, 6.45) is 3.27. The van der Waals surface area contributed by atoms with Gasteiger partial charge in [-0.3, -0.25) is 14.7 Å². The van der Waals surface area contributed by atoms with Crippen molar-refractivity contribution in [2.75, 3.05) is 13.1 Å². The minimum absolute atomic E-state index is 0.00928. The average molecular weight is 453 g/mol. The first kappa shape index (κ1) is 22.1. The number of fused-ring (bicyclic) bond motifs is 1. The van der Waals surface area contributed by atoms with Crippen molar-refractivity contribution in [3.05, 3.63) is 108 Å². The summed E-state index contributed by atoms with van der Waals surface area (Å²) in [6, 6.07) is 28.7. The van der Waals surface area contributed by atoms with Gasteiger partial charge in [-0.05, 0) is 66.9 Å². The van der Waals surface area contributed by atoms with Gasteiger partial charge in [0.05, 0.1) is 17.5 Å². The lowest BCUT2D eigenvalue weighted by molar-refractivity contribution is -0.143. The number of likely N-dealkylation sites (tertiary alicyclic amines) is 1. The molecule has 5 rings (SSSR count). The van der Waals surface area contributed by atoms with Crippen molar-refractivity contribution in [3.63, 3.8) is 0 Å². The number of aliphatic carboxylic acids is 1. The highest BCUT2D eigenvalue weighted by Gasteiger charge is 2.30. The lowest BCUT2D eigenvalue weighted by Crippen LogP contribution is -2.39. The standard InChI is InChI=1S/C29H28N2O3/c32-29(33)23-14-16-31(17-15-23)28(25-18-24-8-4-5-9-27(24)30-19-25)22-10-12-26(13-11-22)34-20-21-6-2-1-3-7-21/h1-13,18-19,23,28H,14-17,20H2,(H,32,33). The van der Waals surface area contributed by atoms with E-state index in [-0.39, 0.29) is 12.0 Å². The minimum atomic E-state index is -0.691. The van der Waals surface area contributed by atoms with Gasteiger partial charge < -0.3 is 9.84 Å².